The van der Waals surface area contributed by atoms with Gasteiger partial charge in [-0.15, -0.1) is 0 Å². The average molecular weight is 234 g/mol. The smallest absolute Gasteiger partial charge is 0.311 e. The van der Waals surface area contributed by atoms with Gasteiger partial charge in [-0.1, -0.05) is 0 Å². The first kappa shape index (κ1) is 15.3. The van der Waals surface area contributed by atoms with Crippen molar-refractivity contribution in [3.05, 3.63) is 0 Å². The number of carboxylic acids is 1. The highest BCUT2D eigenvalue weighted by Gasteiger charge is 2.30. The third-order valence-corrected chi connectivity index (χ3v) is 2.07. The highest BCUT2D eigenvalue weighted by molar-refractivity contribution is 5.73. The Bertz CT molecular complexity index is 233. The number of carbonyl (C=O) groups is 1. The summed E-state index contributed by atoms with van der Waals surface area (Å²) in [6.45, 7) is 8.28. The first-order chi connectivity index (χ1) is 7.07. The molecular weight excluding hydrogens is 212 g/mol. The molecule has 96 valence electrons. The number of aliphatic hydroxyl groups is 1. The molecule has 0 aliphatic heterocycles. The summed E-state index contributed by atoms with van der Waals surface area (Å²) < 4.78 is 0. The van der Waals surface area contributed by atoms with Crippen molar-refractivity contribution in [1.29, 1.82) is 0 Å². The zero-order chi connectivity index (χ0) is 13.0. The van der Waals surface area contributed by atoms with E-state index in [1.807, 2.05) is 0 Å². The Morgan fingerprint density at radius 2 is 1.81 bits per heavy atom. The Morgan fingerprint density at radius 3 is 2.19 bits per heavy atom. The maximum Gasteiger partial charge on any atom is 0.311 e. The van der Waals surface area contributed by atoms with Crippen LogP contribution in [0.1, 0.15) is 41.0 Å². The third kappa shape index (κ3) is 6.05. The molecule has 0 bridgehead atoms. The van der Waals surface area contributed by atoms with Crippen molar-refractivity contribution in [1.82, 2.24) is 0 Å². The first-order valence-electron chi connectivity index (χ1n) is 5.29. The van der Waals surface area contributed by atoms with Gasteiger partial charge in [-0.25, -0.2) is 9.78 Å². The zero-order valence-corrected chi connectivity index (χ0v) is 10.6. The molecule has 0 aromatic carbocycles. The minimum Gasteiger partial charge on any atom is -0.481 e. The first-order valence-corrected chi connectivity index (χ1v) is 5.29. The molecule has 0 aliphatic rings. The minimum absolute atomic E-state index is 0.0361. The van der Waals surface area contributed by atoms with Crippen molar-refractivity contribution in [2.24, 2.45) is 5.41 Å². The van der Waals surface area contributed by atoms with Crippen LogP contribution in [-0.4, -0.2) is 34.5 Å². The summed E-state index contributed by atoms with van der Waals surface area (Å²) in [5, 5.41) is 18.0. The van der Waals surface area contributed by atoms with Gasteiger partial charge in [0, 0.05) is 6.42 Å². The van der Waals surface area contributed by atoms with E-state index in [4.69, 9.17) is 14.9 Å². The molecule has 0 rings (SSSR count). The molecule has 0 amide bonds. The van der Waals surface area contributed by atoms with Crippen molar-refractivity contribution in [2.45, 2.75) is 52.7 Å². The van der Waals surface area contributed by atoms with Gasteiger partial charge >= 0.3 is 5.97 Å². The van der Waals surface area contributed by atoms with E-state index in [9.17, 15) is 9.90 Å². The summed E-state index contributed by atoms with van der Waals surface area (Å²) >= 11 is 0. The zero-order valence-electron chi connectivity index (χ0n) is 10.6. The van der Waals surface area contributed by atoms with Crippen LogP contribution in [0.3, 0.4) is 0 Å². The van der Waals surface area contributed by atoms with Crippen molar-refractivity contribution in [3.63, 3.8) is 0 Å². The van der Waals surface area contributed by atoms with Crippen LogP contribution in [-0.2, 0) is 14.6 Å². The molecule has 0 saturated heterocycles. The fourth-order valence-corrected chi connectivity index (χ4v) is 1.14. The van der Waals surface area contributed by atoms with Gasteiger partial charge in [0.05, 0.1) is 18.1 Å². The van der Waals surface area contributed by atoms with Crippen LogP contribution in [0.5, 0.6) is 0 Å². The molecule has 2 N–H and O–H groups in total. The Hall–Kier alpha value is -0.650. The molecule has 0 fully saturated rings. The molecule has 0 saturated carbocycles. The highest BCUT2D eigenvalue weighted by atomic mass is 17.2. The van der Waals surface area contributed by atoms with Crippen molar-refractivity contribution in [2.75, 3.05) is 6.61 Å². The Balaban J connectivity index is 4.02. The third-order valence-electron chi connectivity index (χ3n) is 2.07. The summed E-state index contributed by atoms with van der Waals surface area (Å²) in [5.74, 6) is -0.940. The number of aliphatic hydroxyl groups excluding tert-OH is 1. The Kier molecular flexibility index (Phi) is 5.38. The Morgan fingerprint density at radius 1 is 1.31 bits per heavy atom. The van der Waals surface area contributed by atoms with E-state index in [2.05, 4.69) is 0 Å². The molecule has 5 nitrogen and oxygen atoms in total. The van der Waals surface area contributed by atoms with Crippen LogP contribution in [0.4, 0.5) is 0 Å². The fourth-order valence-electron chi connectivity index (χ4n) is 1.14. The highest BCUT2D eigenvalue weighted by Crippen LogP contribution is 2.20. The summed E-state index contributed by atoms with van der Waals surface area (Å²) in [7, 11) is 0. The van der Waals surface area contributed by atoms with E-state index in [-0.39, 0.29) is 6.61 Å². The summed E-state index contributed by atoms with van der Waals surface area (Å²) in [6.07, 6.45) is -0.0772. The molecule has 0 aromatic rings. The summed E-state index contributed by atoms with van der Waals surface area (Å²) in [5.41, 5.74) is -1.62. The van der Waals surface area contributed by atoms with Crippen LogP contribution in [0.15, 0.2) is 0 Å². The van der Waals surface area contributed by atoms with E-state index in [0.29, 0.717) is 6.42 Å². The number of hydrogen-bond acceptors (Lipinski definition) is 4. The number of aliphatic carboxylic acids is 1. The van der Waals surface area contributed by atoms with Gasteiger partial charge < -0.3 is 10.2 Å². The quantitative estimate of drug-likeness (QED) is 0.517. The van der Waals surface area contributed by atoms with Crippen molar-refractivity contribution < 1.29 is 24.8 Å². The predicted molar refractivity (Wildman–Crippen MR) is 58.8 cm³/mol. The second-order valence-corrected chi connectivity index (χ2v) is 5.35. The molecule has 0 heterocycles. The van der Waals surface area contributed by atoms with Gasteiger partial charge in [-0.05, 0) is 34.6 Å². The lowest BCUT2D eigenvalue weighted by molar-refractivity contribution is -0.365. The molecule has 0 radical (unpaired) electrons. The van der Waals surface area contributed by atoms with Crippen LogP contribution in [0.2, 0.25) is 0 Å². The maximum atomic E-state index is 10.8. The maximum absolute atomic E-state index is 10.8. The number of rotatable bonds is 7. The molecule has 16 heavy (non-hydrogen) atoms. The fraction of sp³-hybridized carbons (Fsp3) is 0.909. The molecule has 1 atom stereocenters. The molecule has 0 aliphatic carbocycles. The van der Waals surface area contributed by atoms with Gasteiger partial charge in [-0.2, -0.15) is 0 Å². The van der Waals surface area contributed by atoms with E-state index < -0.39 is 23.1 Å². The van der Waals surface area contributed by atoms with Crippen molar-refractivity contribution >= 4 is 5.97 Å². The second-order valence-electron chi connectivity index (χ2n) is 5.35. The summed E-state index contributed by atoms with van der Waals surface area (Å²) in [6, 6.07) is 0. The number of hydrogen-bond donors (Lipinski definition) is 2. The predicted octanol–water partition coefficient (Wildman–Crippen LogP) is 1.59. The lowest BCUT2D eigenvalue weighted by Gasteiger charge is -2.27. The van der Waals surface area contributed by atoms with Gasteiger partial charge in [0.25, 0.3) is 0 Å². The summed E-state index contributed by atoms with van der Waals surface area (Å²) in [4.78, 5) is 20.8. The normalized spacial score (nSPS) is 14.9. The monoisotopic (exact) mass is 234 g/mol. The number of carboxylic acid groups (broad SMARTS) is 1. The Labute approximate surface area is 96.3 Å². The van der Waals surface area contributed by atoms with Crippen LogP contribution in [0, 0.1) is 5.41 Å². The topological polar surface area (TPSA) is 76.0 Å². The van der Waals surface area contributed by atoms with E-state index in [1.54, 1.807) is 34.6 Å². The van der Waals surface area contributed by atoms with Crippen LogP contribution in [0.25, 0.3) is 0 Å². The van der Waals surface area contributed by atoms with E-state index >= 15 is 0 Å². The van der Waals surface area contributed by atoms with Gasteiger partial charge in [-0.3, -0.25) is 4.79 Å². The standard InChI is InChI=1S/C11H22O5/c1-8(12)6-11(4,5)16-15-7-10(2,3)9(13)14/h8,12H,6-7H2,1-5H3,(H,13,14). The largest absolute Gasteiger partial charge is 0.481 e. The molecular formula is C11H22O5. The van der Waals surface area contributed by atoms with Crippen LogP contribution < -0.4 is 0 Å². The molecule has 0 aromatic heterocycles. The molecule has 5 heteroatoms. The second kappa shape index (κ2) is 5.61. The van der Waals surface area contributed by atoms with E-state index in [0.717, 1.165) is 0 Å². The lowest BCUT2D eigenvalue weighted by atomic mass is 9.96. The van der Waals surface area contributed by atoms with Gasteiger partial charge in [0.15, 0.2) is 0 Å². The average Bonchev–Trinajstić information content (AvgIpc) is 1.99. The van der Waals surface area contributed by atoms with Crippen LogP contribution >= 0.6 is 0 Å². The van der Waals surface area contributed by atoms with E-state index in [1.165, 1.54) is 0 Å². The molecule has 1 unspecified atom stereocenters. The lowest BCUT2D eigenvalue weighted by Crippen LogP contribution is -2.34. The van der Waals surface area contributed by atoms with Crippen molar-refractivity contribution in [3.8, 4) is 0 Å². The van der Waals surface area contributed by atoms with Gasteiger partial charge in [0.2, 0.25) is 0 Å². The minimum atomic E-state index is -0.985. The SMILES string of the molecule is CC(O)CC(C)(C)OOCC(C)(C)C(=O)O. The van der Waals surface area contributed by atoms with Gasteiger partial charge in [0.1, 0.15) is 5.60 Å². The molecule has 0 spiro atoms.